The maximum absolute atomic E-state index is 13.5. The van der Waals surface area contributed by atoms with Gasteiger partial charge in [0.25, 0.3) is 22.7 Å². The van der Waals surface area contributed by atoms with Gasteiger partial charge in [-0.15, -0.1) is 0 Å². The molecule has 4 atom stereocenters. The number of hydrogen-bond acceptors (Lipinski definition) is 20. The van der Waals surface area contributed by atoms with Crippen LogP contribution in [-0.2, 0) is 59.4 Å². The lowest BCUT2D eigenvalue weighted by Crippen LogP contribution is -2.52. The molecular weight excluding hydrogens is 1030 g/mol. The second-order valence-corrected chi connectivity index (χ2v) is 21.1. The van der Waals surface area contributed by atoms with Crippen molar-refractivity contribution >= 4 is 74.2 Å². The van der Waals surface area contributed by atoms with E-state index >= 15 is 0 Å². The molecule has 1 aromatic heterocycles. The molecule has 0 unspecified atom stereocenters. The Morgan fingerprint density at radius 1 is 0.883 bits per heavy atom. The Bertz CT molecular complexity index is 2800. The van der Waals surface area contributed by atoms with E-state index in [1.54, 1.807) is 29.4 Å². The maximum atomic E-state index is 13.5. The van der Waals surface area contributed by atoms with E-state index < -0.39 is 106 Å². The minimum atomic E-state index is -3.55. The second-order valence-electron chi connectivity index (χ2n) is 18.8. The van der Waals surface area contributed by atoms with E-state index in [1.807, 2.05) is 0 Å². The highest BCUT2D eigenvalue weighted by Crippen LogP contribution is 2.31. The van der Waals surface area contributed by atoms with Crippen molar-refractivity contribution in [1.82, 2.24) is 24.6 Å². The van der Waals surface area contributed by atoms with Crippen molar-refractivity contribution in [3.63, 3.8) is 0 Å². The lowest BCUT2D eigenvalue weighted by molar-refractivity contribution is -0.237. The molecule has 6 N–H and O–H groups in total. The molecule has 3 aliphatic heterocycles. The highest BCUT2D eigenvalue weighted by molar-refractivity contribution is 7.90. The number of anilines is 4. The van der Waals surface area contributed by atoms with E-state index in [9.17, 15) is 66.9 Å². The van der Waals surface area contributed by atoms with E-state index in [0.29, 0.717) is 51.0 Å². The number of likely N-dealkylation sites (tertiary alicyclic amines) is 1. The zero-order chi connectivity index (χ0) is 55.8. The number of piperidine rings is 1. The highest BCUT2D eigenvalue weighted by Gasteiger charge is 2.42. The molecule has 2 aromatic carbocycles. The van der Waals surface area contributed by atoms with Gasteiger partial charge in [-0.2, -0.15) is 0 Å². The van der Waals surface area contributed by atoms with Crippen molar-refractivity contribution in [2.75, 3.05) is 81.0 Å². The lowest BCUT2D eigenvalue weighted by atomic mass is 10.0. The van der Waals surface area contributed by atoms with Gasteiger partial charge in [0.2, 0.25) is 24.0 Å². The molecule has 2 saturated heterocycles. The number of nitrogens with zero attached hydrogens (tertiary/aromatic N) is 5. The number of likely N-dealkylation sites (N-methyl/N-ethyl adjacent to an activating group) is 1. The number of carbonyl (C=O) groups excluding carboxylic acids is 6. The average molecular weight is 1100 g/mol. The van der Waals surface area contributed by atoms with E-state index in [0.717, 1.165) is 58.8 Å². The highest BCUT2D eigenvalue weighted by atomic mass is 32.2. The third kappa shape index (κ3) is 17.3. The summed E-state index contributed by atoms with van der Waals surface area (Å²) < 4.78 is 47.1. The first kappa shape index (κ1) is 58.9. The normalized spacial score (nSPS) is 18.8. The number of imide groups is 1. The van der Waals surface area contributed by atoms with Gasteiger partial charge in [0.05, 0.1) is 30.2 Å². The topological polar surface area (TPSA) is 347 Å². The van der Waals surface area contributed by atoms with Gasteiger partial charge in [-0.05, 0) is 55.5 Å². The van der Waals surface area contributed by atoms with Crippen LogP contribution in [0.25, 0.3) is 0 Å². The molecule has 27 heteroatoms. The summed E-state index contributed by atoms with van der Waals surface area (Å²) >= 11 is 0. The van der Waals surface area contributed by atoms with E-state index in [1.165, 1.54) is 25.2 Å². The number of pyridine rings is 1. The number of aromatic nitrogens is 1. The minimum Gasteiger partial charge on any atom is -0.479 e. The summed E-state index contributed by atoms with van der Waals surface area (Å²) in [5.41, 5.74) is 0.181. The van der Waals surface area contributed by atoms with Crippen molar-refractivity contribution in [3.8, 4) is 5.75 Å². The Balaban J connectivity index is 0.963. The number of benzene rings is 1. The number of aliphatic carboxylic acids is 1. The van der Waals surface area contributed by atoms with E-state index in [-0.39, 0.29) is 66.6 Å². The Hall–Kier alpha value is -7.33. The van der Waals surface area contributed by atoms with Crippen LogP contribution < -0.4 is 31.5 Å². The number of carboxylic acid groups (broad SMARTS) is 1. The molecular formula is C50H64N8O18S. The van der Waals surface area contributed by atoms with Crippen LogP contribution in [0.3, 0.4) is 0 Å². The van der Waals surface area contributed by atoms with Gasteiger partial charge in [-0.3, -0.25) is 48.3 Å². The standard InChI is InChI=1S/C50H64N8O18S/c1-55(39(62)17-23-58-41(64)11-12-42(58)65)28-38(61)54-34-26-31(9-10-37(34)75-49-36(60)27-35(59)47(76-49)48(68)69)29-73-50(70)57(24-25-77(2,71)72)30-74-33-15-21-56(22-16-33)40(63)8-6-4-3-5-7-18-52-43-44(46(67)45(43)66)53-32-13-19-51-20-14-32/h9-14,19-20,26,33,35-36,47,49,52,59-60H,3-8,15-18,21-25,27-30H2,1-2H3,(H,51,53)(H,54,61)(H,68,69)/t35-,36+,47-,49+/m0/s1. The summed E-state index contributed by atoms with van der Waals surface area (Å²) in [6.07, 6.45) is 3.15. The van der Waals surface area contributed by atoms with Crippen LogP contribution in [0.2, 0.25) is 0 Å². The first-order valence-electron chi connectivity index (χ1n) is 25.0. The Kier molecular flexibility index (Phi) is 21.1. The van der Waals surface area contributed by atoms with Crippen molar-refractivity contribution in [2.24, 2.45) is 0 Å². The molecule has 3 aliphatic rings. The number of ether oxygens (including phenoxy) is 4. The first-order valence-corrected chi connectivity index (χ1v) is 27.1. The van der Waals surface area contributed by atoms with Crippen LogP contribution in [0.5, 0.6) is 5.75 Å². The van der Waals surface area contributed by atoms with Crippen LogP contribution >= 0.6 is 0 Å². The number of rotatable bonds is 28. The summed E-state index contributed by atoms with van der Waals surface area (Å²) in [4.78, 5) is 121. The molecule has 3 aromatic rings. The van der Waals surface area contributed by atoms with Crippen molar-refractivity contribution in [2.45, 2.75) is 102 Å². The zero-order valence-electron chi connectivity index (χ0n) is 42.6. The second kappa shape index (κ2) is 27.6. The summed E-state index contributed by atoms with van der Waals surface area (Å²) in [7, 11) is -2.24. The third-order valence-electron chi connectivity index (χ3n) is 12.8. The Labute approximate surface area is 442 Å². The van der Waals surface area contributed by atoms with Gasteiger partial charge in [-0.25, -0.2) is 18.0 Å². The summed E-state index contributed by atoms with van der Waals surface area (Å²) in [5, 5.41) is 38.9. The molecule has 2 fully saturated rings. The van der Waals surface area contributed by atoms with Crippen molar-refractivity contribution in [3.05, 3.63) is 80.9 Å². The van der Waals surface area contributed by atoms with Crippen LogP contribution in [-0.4, -0.2) is 186 Å². The number of carbonyl (C=O) groups is 7. The quantitative estimate of drug-likeness (QED) is 0.0254. The fourth-order valence-electron chi connectivity index (χ4n) is 8.42. The summed E-state index contributed by atoms with van der Waals surface area (Å²) in [5.74, 6) is -4.61. The zero-order valence-corrected chi connectivity index (χ0v) is 43.4. The number of carboxylic acids is 1. The third-order valence-corrected chi connectivity index (χ3v) is 13.8. The van der Waals surface area contributed by atoms with E-state index in [2.05, 4.69) is 20.9 Å². The Morgan fingerprint density at radius 2 is 1.56 bits per heavy atom. The monoisotopic (exact) mass is 1100 g/mol. The largest absolute Gasteiger partial charge is 0.479 e. The number of unbranched alkanes of at least 4 members (excludes halogenated alkanes) is 4. The number of nitrogens with one attached hydrogen (secondary N) is 3. The first-order chi connectivity index (χ1) is 36.7. The van der Waals surface area contributed by atoms with Gasteiger partial charge < -0.3 is 60.0 Å². The number of sulfone groups is 1. The van der Waals surface area contributed by atoms with Gasteiger partial charge in [0.15, 0.2) is 6.10 Å². The molecule has 0 bridgehead atoms. The number of aliphatic hydroxyl groups excluding tert-OH is 2. The molecule has 6 amide bonds. The summed E-state index contributed by atoms with van der Waals surface area (Å²) in [6.45, 7) is -0.478. The molecule has 0 spiro atoms. The smallest absolute Gasteiger partial charge is 0.411 e. The fraction of sp³-hybridized carbons (Fsp3) is 0.520. The SMILES string of the molecule is CN(CC(=O)Nc1cc(COC(=O)N(CCS(C)(=O)=O)COC2CCN(C(=O)CCCCCCCNc3c(Nc4ccncc4)c(=O)c3=O)CC2)ccc1O[C@@H]1O[C@H](C(=O)O)[C@@H](O)C[C@H]1O)C(=O)CCN1C(=O)C=CC1=O. The predicted octanol–water partition coefficient (Wildman–Crippen LogP) is 0.834. The lowest BCUT2D eigenvalue weighted by Gasteiger charge is -2.35. The van der Waals surface area contributed by atoms with Crippen molar-refractivity contribution < 1.29 is 76.2 Å². The van der Waals surface area contributed by atoms with Crippen LogP contribution in [0.15, 0.2) is 64.5 Å². The van der Waals surface area contributed by atoms with Crippen LogP contribution in [0.4, 0.5) is 27.5 Å². The van der Waals surface area contributed by atoms with Crippen LogP contribution in [0, 0.1) is 0 Å². The molecule has 26 nitrogen and oxygen atoms in total. The van der Waals surface area contributed by atoms with Gasteiger partial charge in [0, 0.05) is 95.5 Å². The predicted molar refractivity (Wildman–Crippen MR) is 274 cm³/mol. The molecule has 0 radical (unpaired) electrons. The van der Waals surface area contributed by atoms with Gasteiger partial charge in [-0.1, -0.05) is 25.3 Å². The fourth-order valence-corrected chi connectivity index (χ4v) is 8.98. The number of aliphatic hydroxyl groups is 2. The molecule has 77 heavy (non-hydrogen) atoms. The molecule has 0 aliphatic carbocycles. The average Bonchev–Trinajstić information content (AvgIpc) is 3.74. The van der Waals surface area contributed by atoms with E-state index in [4.69, 9.17) is 18.9 Å². The maximum Gasteiger partial charge on any atom is 0.411 e. The van der Waals surface area contributed by atoms with Gasteiger partial charge in [0.1, 0.15) is 46.4 Å². The molecule has 4 heterocycles. The Morgan fingerprint density at radius 3 is 2.25 bits per heavy atom. The molecule has 0 saturated carbocycles. The minimum absolute atomic E-state index is 0.00912. The number of hydrogen-bond donors (Lipinski definition) is 6. The number of amides is 6. The van der Waals surface area contributed by atoms with Gasteiger partial charge >= 0.3 is 12.1 Å². The molecule has 6 rings (SSSR count). The molecule has 418 valence electrons. The van der Waals surface area contributed by atoms with Crippen LogP contribution in [0.1, 0.15) is 69.8 Å². The van der Waals surface area contributed by atoms with Crippen molar-refractivity contribution in [1.29, 1.82) is 0 Å². The summed E-state index contributed by atoms with van der Waals surface area (Å²) in [6, 6.07) is 7.43.